The number of ketones is 1. The average molecular weight is 331 g/mol. The lowest BCUT2D eigenvalue weighted by Crippen LogP contribution is -2.04. The van der Waals surface area contributed by atoms with E-state index in [1.807, 2.05) is 0 Å². The Labute approximate surface area is 134 Å². The molecule has 0 saturated carbocycles. The highest BCUT2D eigenvalue weighted by atomic mass is 32.1. The second-order valence-corrected chi connectivity index (χ2v) is 5.65. The molecule has 0 fully saturated rings. The number of halogens is 2. The van der Waals surface area contributed by atoms with Crippen molar-refractivity contribution in [1.82, 2.24) is 4.98 Å². The van der Waals surface area contributed by atoms with Gasteiger partial charge >= 0.3 is 0 Å². The van der Waals surface area contributed by atoms with Gasteiger partial charge in [-0.25, -0.2) is 13.8 Å². The number of rotatable bonds is 4. The lowest BCUT2D eigenvalue weighted by atomic mass is 10.1. The van der Waals surface area contributed by atoms with Crippen LogP contribution in [0.4, 0.5) is 25.4 Å². The molecule has 116 valence electrons. The summed E-state index contributed by atoms with van der Waals surface area (Å²) in [6.07, 6.45) is 0. The van der Waals surface area contributed by atoms with Crippen LogP contribution in [-0.2, 0) is 0 Å². The lowest BCUT2D eigenvalue weighted by molar-refractivity contribution is 0.103. The van der Waals surface area contributed by atoms with Crippen molar-refractivity contribution in [2.24, 2.45) is 0 Å². The van der Waals surface area contributed by atoms with E-state index < -0.39 is 17.4 Å². The zero-order chi connectivity index (χ0) is 16.4. The number of anilines is 3. The second-order valence-electron chi connectivity index (χ2n) is 4.65. The molecule has 0 saturated heterocycles. The quantitative estimate of drug-likeness (QED) is 0.710. The third kappa shape index (κ3) is 3.04. The predicted octanol–water partition coefficient (Wildman–Crippen LogP) is 3.98. The largest absolute Gasteiger partial charge is 0.382 e. The van der Waals surface area contributed by atoms with Crippen molar-refractivity contribution < 1.29 is 13.6 Å². The van der Waals surface area contributed by atoms with Crippen molar-refractivity contribution in [2.45, 2.75) is 0 Å². The van der Waals surface area contributed by atoms with Gasteiger partial charge in [0.2, 0.25) is 5.78 Å². The van der Waals surface area contributed by atoms with Crippen LogP contribution in [0.3, 0.4) is 0 Å². The fraction of sp³-hybridized carbons (Fsp3) is 0. The van der Waals surface area contributed by atoms with Crippen molar-refractivity contribution in [2.75, 3.05) is 11.1 Å². The minimum atomic E-state index is -0.631. The summed E-state index contributed by atoms with van der Waals surface area (Å²) < 4.78 is 27.3. The molecule has 0 spiro atoms. The first-order valence-corrected chi connectivity index (χ1v) is 7.45. The van der Waals surface area contributed by atoms with E-state index in [4.69, 9.17) is 5.73 Å². The van der Waals surface area contributed by atoms with Crippen molar-refractivity contribution in [3.8, 4) is 0 Å². The number of nitrogens with one attached hydrogen (secondary N) is 1. The molecular formula is C16H11F2N3OS. The topological polar surface area (TPSA) is 68.0 Å². The van der Waals surface area contributed by atoms with Gasteiger partial charge in [-0.1, -0.05) is 35.6 Å². The summed E-state index contributed by atoms with van der Waals surface area (Å²) in [6, 6.07) is 11.7. The van der Waals surface area contributed by atoms with Gasteiger partial charge in [-0.2, -0.15) is 0 Å². The number of benzene rings is 2. The third-order valence-corrected chi connectivity index (χ3v) is 4.08. The zero-order valence-corrected chi connectivity index (χ0v) is 12.5. The molecule has 0 aliphatic rings. The van der Waals surface area contributed by atoms with Gasteiger partial charge in [0, 0.05) is 0 Å². The van der Waals surface area contributed by atoms with Crippen LogP contribution in [0, 0.1) is 11.6 Å². The van der Waals surface area contributed by atoms with Crippen LogP contribution in [0.15, 0.2) is 48.5 Å². The average Bonchev–Trinajstić information content (AvgIpc) is 2.90. The molecule has 3 aromatic rings. The highest BCUT2D eigenvalue weighted by molar-refractivity contribution is 7.18. The van der Waals surface area contributed by atoms with Crippen molar-refractivity contribution in [1.29, 1.82) is 0 Å². The van der Waals surface area contributed by atoms with Crippen LogP contribution < -0.4 is 11.1 Å². The molecule has 0 aliphatic carbocycles. The van der Waals surface area contributed by atoms with E-state index in [9.17, 15) is 13.6 Å². The molecule has 23 heavy (non-hydrogen) atoms. The van der Waals surface area contributed by atoms with Crippen molar-refractivity contribution in [3.63, 3.8) is 0 Å². The van der Waals surface area contributed by atoms with Gasteiger partial charge in [0.05, 0.1) is 11.3 Å². The Kier molecular flexibility index (Phi) is 4.03. The molecule has 4 nitrogen and oxygen atoms in total. The molecule has 0 bridgehead atoms. The number of hydrogen-bond acceptors (Lipinski definition) is 5. The number of nitrogen functional groups attached to an aromatic ring is 1. The molecule has 7 heteroatoms. The minimum Gasteiger partial charge on any atom is -0.382 e. The van der Waals surface area contributed by atoms with Gasteiger partial charge < -0.3 is 11.1 Å². The Morgan fingerprint density at radius 1 is 1.04 bits per heavy atom. The summed E-state index contributed by atoms with van der Waals surface area (Å²) in [4.78, 5) is 16.5. The van der Waals surface area contributed by atoms with Gasteiger partial charge in [-0.15, -0.1) is 0 Å². The molecule has 0 unspecified atom stereocenters. The van der Waals surface area contributed by atoms with E-state index in [0.717, 1.165) is 11.3 Å². The van der Waals surface area contributed by atoms with E-state index in [1.54, 1.807) is 18.2 Å². The Morgan fingerprint density at radius 2 is 1.70 bits per heavy atom. The first-order chi connectivity index (χ1) is 11.1. The van der Waals surface area contributed by atoms with Crippen molar-refractivity contribution >= 4 is 33.8 Å². The minimum absolute atomic E-state index is 0.0258. The predicted molar refractivity (Wildman–Crippen MR) is 86.0 cm³/mol. The number of nitrogens with zero attached hydrogens (tertiary/aromatic N) is 1. The number of para-hydroxylation sites is 1. The molecule has 3 N–H and O–H groups in total. The van der Waals surface area contributed by atoms with Gasteiger partial charge in [-0.05, 0) is 24.3 Å². The normalized spacial score (nSPS) is 10.5. The second kappa shape index (κ2) is 6.13. The molecule has 3 rings (SSSR count). The Balaban J connectivity index is 1.91. The Hall–Kier alpha value is -2.80. The SMILES string of the molecule is Nc1nc(Nc2ccccc2F)sc1C(=O)c1ccccc1F. The highest BCUT2D eigenvalue weighted by Crippen LogP contribution is 2.30. The number of hydrogen-bond donors (Lipinski definition) is 2. The Morgan fingerprint density at radius 3 is 2.39 bits per heavy atom. The van der Waals surface area contributed by atoms with Crippen LogP contribution in [0.1, 0.15) is 15.2 Å². The number of carbonyl (C=O) groups is 1. The maximum absolute atomic E-state index is 13.7. The smallest absolute Gasteiger partial charge is 0.209 e. The molecule has 2 aromatic carbocycles. The van der Waals surface area contributed by atoms with Crippen LogP contribution >= 0.6 is 11.3 Å². The number of thiazole rings is 1. The fourth-order valence-corrected chi connectivity index (χ4v) is 2.84. The van der Waals surface area contributed by atoms with E-state index in [1.165, 1.54) is 30.3 Å². The molecule has 0 amide bonds. The summed E-state index contributed by atoms with van der Waals surface area (Å²) in [7, 11) is 0. The Bertz CT molecular complexity index is 879. The first-order valence-electron chi connectivity index (χ1n) is 6.63. The maximum Gasteiger partial charge on any atom is 0.209 e. The molecule has 1 heterocycles. The number of aromatic nitrogens is 1. The maximum atomic E-state index is 13.7. The van der Waals surface area contributed by atoms with Crippen LogP contribution in [0.2, 0.25) is 0 Å². The zero-order valence-electron chi connectivity index (χ0n) is 11.7. The van der Waals surface area contributed by atoms with E-state index in [0.29, 0.717) is 0 Å². The van der Waals surface area contributed by atoms with Gasteiger partial charge in [0.25, 0.3) is 0 Å². The summed E-state index contributed by atoms with van der Waals surface area (Å²) in [5, 5.41) is 3.02. The summed E-state index contributed by atoms with van der Waals surface area (Å²) in [5.41, 5.74) is 5.87. The van der Waals surface area contributed by atoms with E-state index in [-0.39, 0.29) is 27.1 Å². The highest BCUT2D eigenvalue weighted by Gasteiger charge is 2.20. The molecule has 0 radical (unpaired) electrons. The lowest BCUT2D eigenvalue weighted by Gasteiger charge is -2.02. The van der Waals surface area contributed by atoms with Gasteiger partial charge in [0.15, 0.2) is 5.13 Å². The summed E-state index contributed by atoms with van der Waals surface area (Å²) in [5.74, 6) is -1.67. The monoisotopic (exact) mass is 331 g/mol. The number of carbonyl (C=O) groups excluding carboxylic acids is 1. The van der Waals surface area contributed by atoms with E-state index >= 15 is 0 Å². The summed E-state index contributed by atoms with van der Waals surface area (Å²) >= 11 is 0.945. The van der Waals surface area contributed by atoms with Crippen LogP contribution in [0.25, 0.3) is 0 Å². The van der Waals surface area contributed by atoms with Gasteiger partial charge in [0.1, 0.15) is 22.3 Å². The molecular weight excluding hydrogens is 320 g/mol. The summed E-state index contributed by atoms with van der Waals surface area (Å²) in [6.45, 7) is 0. The van der Waals surface area contributed by atoms with Gasteiger partial charge in [-0.3, -0.25) is 4.79 Å². The third-order valence-electron chi connectivity index (χ3n) is 3.09. The number of nitrogens with two attached hydrogens (primary N) is 1. The first kappa shape index (κ1) is 15.1. The molecule has 0 aliphatic heterocycles. The van der Waals surface area contributed by atoms with Crippen LogP contribution in [-0.4, -0.2) is 10.8 Å². The van der Waals surface area contributed by atoms with Crippen molar-refractivity contribution in [3.05, 3.63) is 70.6 Å². The van der Waals surface area contributed by atoms with E-state index in [2.05, 4.69) is 10.3 Å². The standard InChI is InChI=1S/C16H11F2N3OS/c17-10-6-2-1-5-9(10)13(22)14-15(19)21-16(23-14)20-12-8-4-3-7-11(12)18/h1-8H,19H2,(H,20,21). The fourth-order valence-electron chi connectivity index (χ4n) is 1.99. The molecule has 0 atom stereocenters. The molecule has 1 aromatic heterocycles. The van der Waals surface area contributed by atoms with Crippen LogP contribution in [0.5, 0.6) is 0 Å².